The Morgan fingerprint density at radius 2 is 1.78 bits per heavy atom. The monoisotopic (exact) mass is 388 g/mol. The summed E-state index contributed by atoms with van der Waals surface area (Å²) in [7, 11) is 1.23. The summed E-state index contributed by atoms with van der Waals surface area (Å²) in [5.74, 6) is -2.20. The maximum absolute atomic E-state index is 14.4. The van der Waals surface area contributed by atoms with Gasteiger partial charge in [0.15, 0.2) is 5.11 Å². The second-order valence-electron chi connectivity index (χ2n) is 5.89. The van der Waals surface area contributed by atoms with Crippen LogP contribution in [-0.2, 0) is 9.53 Å². The zero-order valence-corrected chi connectivity index (χ0v) is 15.6. The Hall–Kier alpha value is -2.80. The van der Waals surface area contributed by atoms with Crippen LogP contribution in [0.25, 0.3) is 0 Å². The number of hydrogen-bond donors (Lipinski definition) is 1. The number of carbonyl (C=O) groups is 1. The highest BCUT2D eigenvalue weighted by Crippen LogP contribution is 2.37. The molecule has 1 aliphatic heterocycles. The molecule has 0 aromatic heterocycles. The zero-order valence-electron chi connectivity index (χ0n) is 14.8. The van der Waals surface area contributed by atoms with E-state index in [-0.39, 0.29) is 16.2 Å². The molecule has 27 heavy (non-hydrogen) atoms. The zero-order chi connectivity index (χ0) is 19.6. The third-order valence-electron chi connectivity index (χ3n) is 4.38. The summed E-state index contributed by atoms with van der Waals surface area (Å²) >= 11 is 5.48. The van der Waals surface area contributed by atoms with E-state index in [9.17, 15) is 13.6 Å². The summed E-state index contributed by atoms with van der Waals surface area (Å²) < 4.78 is 33.8. The Bertz CT molecular complexity index is 895. The van der Waals surface area contributed by atoms with Crippen LogP contribution in [0.1, 0.15) is 24.9 Å². The second-order valence-corrected chi connectivity index (χ2v) is 6.28. The van der Waals surface area contributed by atoms with Gasteiger partial charge in [0.2, 0.25) is 0 Å². The van der Waals surface area contributed by atoms with Crippen LogP contribution in [0, 0.1) is 11.6 Å². The number of nitrogens with one attached hydrogen (secondary N) is 1. The fraction of sp³-hybridized carbons (Fsp3) is 0.200. The van der Waals surface area contributed by atoms with Crippen molar-refractivity contribution in [3.05, 3.63) is 77.0 Å². The number of ether oxygens (including phenoxy) is 1. The SMILES string of the molecule is CCC1=C(C(=O)OC)[C@H](c2c(F)cccc2F)NC(=S)N1c1ccccc1. The predicted molar refractivity (Wildman–Crippen MR) is 103 cm³/mol. The first kappa shape index (κ1) is 19.0. The predicted octanol–water partition coefficient (Wildman–Crippen LogP) is 4.24. The van der Waals surface area contributed by atoms with Crippen molar-refractivity contribution in [1.82, 2.24) is 5.32 Å². The fourth-order valence-electron chi connectivity index (χ4n) is 3.22. The molecule has 3 rings (SSSR count). The van der Waals surface area contributed by atoms with Gasteiger partial charge in [0.05, 0.1) is 24.3 Å². The van der Waals surface area contributed by atoms with Gasteiger partial charge in [-0.25, -0.2) is 13.6 Å². The van der Waals surface area contributed by atoms with Gasteiger partial charge in [0, 0.05) is 11.4 Å². The van der Waals surface area contributed by atoms with Crippen LogP contribution in [0.15, 0.2) is 59.8 Å². The lowest BCUT2D eigenvalue weighted by atomic mass is 9.92. The van der Waals surface area contributed by atoms with Crippen molar-refractivity contribution in [3.8, 4) is 0 Å². The van der Waals surface area contributed by atoms with Gasteiger partial charge in [-0.1, -0.05) is 31.2 Å². The molecule has 2 aromatic rings. The van der Waals surface area contributed by atoms with Crippen molar-refractivity contribution < 1.29 is 18.3 Å². The van der Waals surface area contributed by atoms with E-state index < -0.39 is 23.6 Å². The van der Waals surface area contributed by atoms with Gasteiger partial charge >= 0.3 is 5.97 Å². The van der Waals surface area contributed by atoms with Gasteiger partial charge in [0.1, 0.15) is 11.6 Å². The Morgan fingerprint density at radius 3 is 2.33 bits per heavy atom. The van der Waals surface area contributed by atoms with E-state index in [1.165, 1.54) is 13.2 Å². The van der Waals surface area contributed by atoms with Crippen LogP contribution in [0.4, 0.5) is 14.5 Å². The summed E-state index contributed by atoms with van der Waals surface area (Å²) in [5, 5.41) is 3.16. The minimum Gasteiger partial charge on any atom is -0.466 e. The van der Waals surface area contributed by atoms with E-state index in [0.29, 0.717) is 12.1 Å². The Labute approximate surface area is 161 Å². The average Bonchev–Trinajstić information content (AvgIpc) is 2.67. The highest BCUT2D eigenvalue weighted by molar-refractivity contribution is 7.80. The molecule has 0 spiro atoms. The quantitative estimate of drug-likeness (QED) is 0.627. The van der Waals surface area contributed by atoms with E-state index >= 15 is 0 Å². The third-order valence-corrected chi connectivity index (χ3v) is 4.68. The standard InChI is InChI=1S/C20H18F2N2O2S/c1-3-15-17(19(25)26-2)18(16-13(21)10-7-11-14(16)22)23-20(27)24(15)12-8-5-4-6-9-12/h4-11,18H,3H2,1-2H3,(H,23,27)/t18-/m0/s1. The number of anilines is 1. The molecule has 0 saturated carbocycles. The minimum atomic E-state index is -1.08. The molecule has 0 radical (unpaired) electrons. The van der Waals surface area contributed by atoms with Gasteiger partial charge in [0.25, 0.3) is 0 Å². The molecule has 0 bridgehead atoms. The lowest BCUT2D eigenvalue weighted by Gasteiger charge is -2.38. The molecule has 0 fully saturated rings. The van der Waals surface area contributed by atoms with Crippen LogP contribution in [0.2, 0.25) is 0 Å². The topological polar surface area (TPSA) is 41.6 Å². The molecule has 0 unspecified atom stereocenters. The fourth-order valence-corrected chi connectivity index (χ4v) is 3.55. The molecule has 7 heteroatoms. The van der Waals surface area contributed by atoms with Crippen molar-refractivity contribution in [2.45, 2.75) is 19.4 Å². The first-order valence-corrected chi connectivity index (χ1v) is 8.81. The molecular weight excluding hydrogens is 370 g/mol. The highest BCUT2D eigenvalue weighted by Gasteiger charge is 2.38. The van der Waals surface area contributed by atoms with E-state index in [1.54, 1.807) is 4.90 Å². The molecule has 0 aliphatic carbocycles. The van der Waals surface area contributed by atoms with Crippen LogP contribution in [0.3, 0.4) is 0 Å². The van der Waals surface area contributed by atoms with Crippen LogP contribution in [-0.4, -0.2) is 18.2 Å². The number of rotatable bonds is 4. The van der Waals surface area contributed by atoms with E-state index in [0.717, 1.165) is 17.8 Å². The number of carbonyl (C=O) groups excluding carboxylic acids is 1. The van der Waals surface area contributed by atoms with E-state index in [2.05, 4.69) is 5.32 Å². The Morgan fingerprint density at radius 1 is 1.15 bits per heavy atom. The number of allylic oxidation sites excluding steroid dienone is 1. The van der Waals surface area contributed by atoms with Crippen molar-refractivity contribution in [1.29, 1.82) is 0 Å². The molecule has 1 N–H and O–H groups in total. The van der Waals surface area contributed by atoms with Crippen LogP contribution in [0.5, 0.6) is 0 Å². The van der Waals surface area contributed by atoms with Crippen molar-refractivity contribution in [2.75, 3.05) is 12.0 Å². The molecule has 140 valence electrons. The van der Waals surface area contributed by atoms with E-state index in [1.807, 2.05) is 37.3 Å². The first-order chi connectivity index (χ1) is 13.0. The van der Waals surface area contributed by atoms with Gasteiger partial charge < -0.3 is 10.1 Å². The third kappa shape index (κ3) is 3.42. The lowest BCUT2D eigenvalue weighted by Crippen LogP contribution is -2.49. The summed E-state index contributed by atoms with van der Waals surface area (Å²) in [6.07, 6.45) is 0.410. The summed E-state index contributed by atoms with van der Waals surface area (Å²) in [6, 6.07) is 11.7. The largest absolute Gasteiger partial charge is 0.466 e. The van der Waals surface area contributed by atoms with Gasteiger partial charge in [-0.05, 0) is 42.9 Å². The summed E-state index contributed by atoms with van der Waals surface area (Å²) in [6.45, 7) is 1.84. The summed E-state index contributed by atoms with van der Waals surface area (Å²) in [5.41, 5.74) is 1.13. The number of thiocarbonyl (C=S) groups is 1. The molecule has 1 aliphatic rings. The number of esters is 1. The molecule has 1 atom stereocenters. The summed E-state index contributed by atoms with van der Waals surface area (Å²) in [4.78, 5) is 14.3. The van der Waals surface area contributed by atoms with Crippen LogP contribution >= 0.6 is 12.2 Å². The maximum atomic E-state index is 14.4. The van der Waals surface area contributed by atoms with Crippen molar-refractivity contribution in [2.24, 2.45) is 0 Å². The number of benzene rings is 2. The molecule has 0 saturated heterocycles. The smallest absolute Gasteiger partial charge is 0.338 e. The van der Waals surface area contributed by atoms with Gasteiger partial charge in [-0.2, -0.15) is 0 Å². The normalized spacial score (nSPS) is 17.0. The number of hydrogen-bond acceptors (Lipinski definition) is 3. The van der Waals surface area contributed by atoms with Crippen molar-refractivity contribution >= 4 is 29.0 Å². The number of halogens is 2. The average molecular weight is 388 g/mol. The lowest BCUT2D eigenvalue weighted by molar-refractivity contribution is -0.136. The Balaban J connectivity index is 2.25. The van der Waals surface area contributed by atoms with E-state index in [4.69, 9.17) is 17.0 Å². The molecule has 0 amide bonds. The molecular formula is C20H18F2N2O2S. The highest BCUT2D eigenvalue weighted by atomic mass is 32.1. The molecule has 1 heterocycles. The minimum absolute atomic E-state index is 0.126. The Kier molecular flexibility index (Phi) is 5.51. The van der Waals surface area contributed by atoms with Crippen molar-refractivity contribution in [3.63, 3.8) is 0 Å². The number of methoxy groups -OCH3 is 1. The van der Waals surface area contributed by atoms with Crippen LogP contribution < -0.4 is 10.2 Å². The van der Waals surface area contributed by atoms with Gasteiger partial charge in [-0.15, -0.1) is 0 Å². The maximum Gasteiger partial charge on any atom is 0.338 e. The number of nitrogens with zero attached hydrogens (tertiary/aromatic N) is 1. The second kappa shape index (κ2) is 7.84. The molecule has 2 aromatic carbocycles. The van der Waals surface area contributed by atoms with Gasteiger partial charge in [-0.3, -0.25) is 4.90 Å². The first-order valence-electron chi connectivity index (χ1n) is 8.40. The number of para-hydroxylation sites is 1. The molecule has 4 nitrogen and oxygen atoms in total.